The second-order valence-corrected chi connectivity index (χ2v) is 14.6. The molecule has 11 heteroatoms. The topological polar surface area (TPSA) is 175 Å². The molecule has 2 heterocycles. The highest BCUT2D eigenvalue weighted by Crippen LogP contribution is 2.65. The summed E-state index contributed by atoms with van der Waals surface area (Å²) >= 11 is 0. The maximum absolute atomic E-state index is 12.4. The van der Waals surface area contributed by atoms with E-state index in [1.807, 2.05) is 0 Å². The van der Waals surface area contributed by atoms with Gasteiger partial charge in [-0.1, -0.05) is 31.6 Å². The van der Waals surface area contributed by atoms with Crippen LogP contribution in [-0.2, 0) is 23.7 Å². The number of allylic oxidation sites excluding steroid dienone is 3. The monoisotopic (exact) mass is 622 g/mol. The van der Waals surface area contributed by atoms with Crippen LogP contribution in [0.4, 0.5) is 0 Å². The molecule has 248 valence electrons. The van der Waals surface area contributed by atoms with E-state index in [1.165, 1.54) is 12.5 Å². The van der Waals surface area contributed by atoms with Crippen LogP contribution >= 0.6 is 0 Å². The van der Waals surface area contributed by atoms with Gasteiger partial charge in [0.1, 0.15) is 42.7 Å². The van der Waals surface area contributed by atoms with Crippen LogP contribution in [0.5, 0.6) is 0 Å². The van der Waals surface area contributed by atoms with E-state index in [0.717, 1.165) is 44.1 Å². The second-order valence-electron chi connectivity index (χ2n) is 14.6. The molecular formula is C33H50O11. The van der Waals surface area contributed by atoms with Crippen molar-refractivity contribution in [1.82, 2.24) is 0 Å². The first-order valence-electron chi connectivity index (χ1n) is 16.3. The van der Waals surface area contributed by atoms with Crippen molar-refractivity contribution in [3.05, 3.63) is 23.3 Å². The molecule has 6 aliphatic rings. The molecule has 2 saturated carbocycles. The van der Waals surface area contributed by atoms with Crippen LogP contribution in [0.3, 0.4) is 0 Å². The summed E-state index contributed by atoms with van der Waals surface area (Å²) < 4.78 is 23.4. The fraction of sp³-hybridized carbons (Fsp3) is 0.848. The van der Waals surface area contributed by atoms with Gasteiger partial charge in [0.2, 0.25) is 0 Å². The van der Waals surface area contributed by atoms with Crippen LogP contribution in [0.2, 0.25) is 0 Å². The standard InChI is InChI=1S/C33H50O11/c1-15(35)20-7-8-21-19-6-5-17-13-18(9-11-32(17,3)22(19)10-12-33(20,21)4)42-31-28(40)26(38)29(23(14-34)43-31)44-30-27(39)25(37)24(36)16(2)41-30/h5,7,16,18-19,21-31,34,36-40H,6,8-14H2,1-4H3/t16-,18+,19-,21-,22+,23-,24-,25-,26+,27+,28-,29-,30+,31+,32-,33-/m0/s1. The Labute approximate surface area is 258 Å². The molecule has 0 spiro atoms. The summed E-state index contributed by atoms with van der Waals surface area (Å²) in [5, 5.41) is 62.6. The maximum Gasteiger partial charge on any atom is 0.187 e. The minimum Gasteiger partial charge on any atom is -0.394 e. The van der Waals surface area contributed by atoms with E-state index in [2.05, 4.69) is 26.0 Å². The molecule has 6 N–H and O–H groups in total. The minimum atomic E-state index is -1.61. The summed E-state index contributed by atoms with van der Waals surface area (Å²) in [4.78, 5) is 12.4. The lowest BCUT2D eigenvalue weighted by Gasteiger charge is -2.58. The molecule has 4 fully saturated rings. The van der Waals surface area contributed by atoms with Crippen LogP contribution in [0.1, 0.15) is 72.6 Å². The zero-order valence-electron chi connectivity index (χ0n) is 26.1. The van der Waals surface area contributed by atoms with E-state index in [-0.39, 0.29) is 22.7 Å². The second kappa shape index (κ2) is 12.1. The molecule has 44 heavy (non-hydrogen) atoms. The van der Waals surface area contributed by atoms with E-state index < -0.39 is 68.0 Å². The normalized spacial score (nSPS) is 52.3. The number of Topliss-reactive ketones (excluding diaryl/α,β-unsaturated/α-hetero) is 1. The molecule has 0 bridgehead atoms. The Morgan fingerprint density at radius 2 is 1.55 bits per heavy atom. The van der Waals surface area contributed by atoms with Gasteiger partial charge >= 0.3 is 0 Å². The predicted molar refractivity (Wildman–Crippen MR) is 156 cm³/mol. The van der Waals surface area contributed by atoms with Crippen molar-refractivity contribution >= 4 is 5.78 Å². The minimum absolute atomic E-state index is 0.0321. The first-order valence-corrected chi connectivity index (χ1v) is 16.3. The smallest absolute Gasteiger partial charge is 0.187 e. The molecule has 16 atom stereocenters. The molecule has 0 aromatic rings. The van der Waals surface area contributed by atoms with Crippen molar-refractivity contribution in [2.24, 2.45) is 28.6 Å². The largest absolute Gasteiger partial charge is 0.394 e. The maximum atomic E-state index is 12.4. The highest BCUT2D eigenvalue weighted by atomic mass is 16.7. The van der Waals surface area contributed by atoms with E-state index in [1.54, 1.807) is 6.92 Å². The zero-order valence-corrected chi connectivity index (χ0v) is 26.1. The van der Waals surface area contributed by atoms with E-state index in [0.29, 0.717) is 24.2 Å². The third-order valence-electron chi connectivity index (χ3n) is 12.3. The van der Waals surface area contributed by atoms with Gasteiger partial charge in [-0.3, -0.25) is 4.79 Å². The van der Waals surface area contributed by atoms with Gasteiger partial charge in [0.25, 0.3) is 0 Å². The van der Waals surface area contributed by atoms with Crippen LogP contribution in [0.25, 0.3) is 0 Å². The summed E-state index contributed by atoms with van der Waals surface area (Å²) in [7, 11) is 0. The summed E-state index contributed by atoms with van der Waals surface area (Å²) in [5.74, 6) is 1.76. The number of aliphatic hydroxyl groups is 6. The Hall–Kier alpha value is -1.25. The summed E-state index contributed by atoms with van der Waals surface area (Å²) in [6.45, 7) is 7.31. The number of aliphatic hydroxyl groups excluding tert-OH is 6. The lowest BCUT2D eigenvalue weighted by molar-refractivity contribution is -0.360. The van der Waals surface area contributed by atoms with Crippen LogP contribution in [0.15, 0.2) is 23.3 Å². The highest BCUT2D eigenvalue weighted by molar-refractivity contribution is 5.95. The van der Waals surface area contributed by atoms with Gasteiger partial charge in [0.15, 0.2) is 18.4 Å². The third-order valence-corrected chi connectivity index (χ3v) is 12.3. The third kappa shape index (κ3) is 5.25. The van der Waals surface area contributed by atoms with Gasteiger partial charge in [0.05, 0.1) is 18.8 Å². The Morgan fingerprint density at radius 3 is 2.25 bits per heavy atom. The number of ketones is 1. The van der Waals surface area contributed by atoms with Gasteiger partial charge in [-0.15, -0.1) is 0 Å². The first kappa shape index (κ1) is 32.7. The van der Waals surface area contributed by atoms with Gasteiger partial charge in [0, 0.05) is 0 Å². The van der Waals surface area contributed by atoms with Gasteiger partial charge in [-0.05, 0) is 93.0 Å². The average Bonchev–Trinajstić information content (AvgIpc) is 3.36. The number of rotatable bonds is 6. The van der Waals surface area contributed by atoms with Crippen LogP contribution in [0, 0.1) is 28.6 Å². The number of hydrogen-bond donors (Lipinski definition) is 6. The molecule has 4 aliphatic carbocycles. The molecule has 0 radical (unpaired) electrons. The summed E-state index contributed by atoms with van der Waals surface area (Å²) in [5.41, 5.74) is 2.39. The van der Waals surface area contributed by atoms with Gasteiger partial charge < -0.3 is 49.6 Å². The number of fused-ring (bicyclic) bond motifs is 5. The molecule has 2 saturated heterocycles. The molecule has 0 aromatic carbocycles. The first-order chi connectivity index (χ1) is 20.8. The van der Waals surface area contributed by atoms with Crippen LogP contribution in [-0.4, -0.2) is 111 Å². The van der Waals surface area contributed by atoms with E-state index in [9.17, 15) is 35.4 Å². The predicted octanol–water partition coefficient (Wildman–Crippen LogP) is 1.11. The number of carbonyl (C=O) groups excluding carboxylic acids is 1. The fourth-order valence-corrected chi connectivity index (χ4v) is 9.66. The van der Waals surface area contributed by atoms with Crippen LogP contribution < -0.4 is 0 Å². The van der Waals surface area contributed by atoms with Crippen molar-refractivity contribution in [3.8, 4) is 0 Å². The van der Waals surface area contributed by atoms with Gasteiger partial charge in [-0.25, -0.2) is 0 Å². The Balaban J connectivity index is 1.10. The molecule has 2 aliphatic heterocycles. The Bertz CT molecular complexity index is 1150. The average molecular weight is 623 g/mol. The SMILES string of the molecule is CC(=O)C1=CC[C@H]2[C@@H]3CC=C4C[C@H](O[C@@H]5O[C@@H](CO)[C@H](O[C@H]6O[C@@H](C)[C@H](O)[C@H](O)[C@H]6O)[C@H](O)[C@@H]5O)CC[C@]4(C)[C@@H]3CC[C@@]12C. The fourth-order valence-electron chi connectivity index (χ4n) is 9.66. The highest BCUT2D eigenvalue weighted by Gasteiger charge is 2.58. The van der Waals surface area contributed by atoms with Gasteiger partial charge in [-0.2, -0.15) is 0 Å². The van der Waals surface area contributed by atoms with Crippen molar-refractivity contribution in [2.45, 2.75) is 140 Å². The van der Waals surface area contributed by atoms with E-state index in [4.69, 9.17) is 18.9 Å². The van der Waals surface area contributed by atoms with Crippen molar-refractivity contribution in [1.29, 1.82) is 0 Å². The Kier molecular flexibility index (Phi) is 8.97. The van der Waals surface area contributed by atoms with Crippen molar-refractivity contribution < 1.29 is 54.4 Å². The number of hydrogen-bond acceptors (Lipinski definition) is 11. The molecule has 0 unspecified atom stereocenters. The quantitative estimate of drug-likeness (QED) is 0.234. The lowest BCUT2D eigenvalue weighted by Crippen LogP contribution is -2.64. The lowest BCUT2D eigenvalue weighted by atomic mass is 9.47. The molecular weight excluding hydrogens is 572 g/mol. The zero-order chi connectivity index (χ0) is 31.7. The number of carbonyl (C=O) groups is 1. The Morgan fingerprint density at radius 1 is 0.864 bits per heavy atom. The van der Waals surface area contributed by atoms with Crippen molar-refractivity contribution in [2.75, 3.05) is 6.61 Å². The molecule has 6 rings (SSSR count). The summed E-state index contributed by atoms with van der Waals surface area (Å²) in [6.07, 6.45) is -2.64. The van der Waals surface area contributed by atoms with Crippen molar-refractivity contribution in [3.63, 3.8) is 0 Å². The van der Waals surface area contributed by atoms with E-state index >= 15 is 0 Å². The summed E-state index contributed by atoms with van der Waals surface area (Å²) in [6, 6.07) is 0. The number of ether oxygens (including phenoxy) is 4. The molecule has 0 amide bonds. The molecule has 0 aromatic heterocycles. The molecule has 11 nitrogen and oxygen atoms in total.